The van der Waals surface area contributed by atoms with Crippen LogP contribution in [0.1, 0.15) is 37.5 Å². The first kappa shape index (κ1) is 14.6. The summed E-state index contributed by atoms with van der Waals surface area (Å²) in [6.07, 6.45) is 0. The van der Waals surface area contributed by atoms with Crippen molar-refractivity contribution in [3.05, 3.63) is 65.0 Å². The van der Waals surface area contributed by atoms with Crippen molar-refractivity contribution in [1.29, 1.82) is 0 Å². The topological polar surface area (TPSA) is 12.0 Å². The molecule has 0 atom stereocenters. The Balaban J connectivity index is 2.06. The number of rotatable bonds is 3. The lowest BCUT2D eigenvalue weighted by atomic mass is 9.87. The fourth-order valence-electron chi connectivity index (χ4n) is 2.12. The Morgan fingerprint density at radius 3 is 2.25 bits per heavy atom. The van der Waals surface area contributed by atoms with Crippen molar-refractivity contribution in [2.75, 3.05) is 5.32 Å². The normalized spacial score (nSPS) is 11.4. The van der Waals surface area contributed by atoms with E-state index in [9.17, 15) is 4.39 Å². The third kappa shape index (κ3) is 3.38. The quantitative estimate of drug-likeness (QED) is 0.824. The van der Waals surface area contributed by atoms with Crippen molar-refractivity contribution >= 4 is 5.69 Å². The third-order valence-corrected chi connectivity index (χ3v) is 3.57. The minimum atomic E-state index is -0.168. The molecule has 0 aliphatic carbocycles. The van der Waals surface area contributed by atoms with Gasteiger partial charge < -0.3 is 5.32 Å². The zero-order valence-electron chi connectivity index (χ0n) is 12.6. The van der Waals surface area contributed by atoms with Gasteiger partial charge in [-0.15, -0.1) is 0 Å². The second-order valence-corrected chi connectivity index (χ2v) is 6.21. The maximum absolute atomic E-state index is 13.4. The van der Waals surface area contributed by atoms with Gasteiger partial charge >= 0.3 is 0 Å². The van der Waals surface area contributed by atoms with Crippen LogP contribution >= 0.6 is 0 Å². The predicted octanol–water partition coefficient (Wildman–Crippen LogP) is 5.04. The maximum Gasteiger partial charge on any atom is 0.128 e. The molecule has 0 aliphatic heterocycles. The zero-order chi connectivity index (χ0) is 14.8. The highest BCUT2D eigenvalue weighted by atomic mass is 19.1. The average Bonchev–Trinajstić information content (AvgIpc) is 2.40. The Morgan fingerprint density at radius 1 is 1.00 bits per heavy atom. The second kappa shape index (κ2) is 5.66. The molecule has 2 heteroatoms. The van der Waals surface area contributed by atoms with E-state index in [-0.39, 0.29) is 11.2 Å². The summed E-state index contributed by atoms with van der Waals surface area (Å²) in [5, 5.41) is 3.29. The number of anilines is 1. The summed E-state index contributed by atoms with van der Waals surface area (Å²) in [7, 11) is 0. The van der Waals surface area contributed by atoms with Crippen molar-refractivity contribution in [2.45, 2.75) is 39.7 Å². The average molecular weight is 271 g/mol. The van der Waals surface area contributed by atoms with E-state index in [0.717, 1.165) is 5.69 Å². The number of halogens is 1. The molecule has 0 heterocycles. The molecule has 106 valence electrons. The minimum Gasteiger partial charge on any atom is -0.381 e. The monoisotopic (exact) mass is 271 g/mol. The molecular formula is C18H22FN. The molecule has 0 saturated carbocycles. The van der Waals surface area contributed by atoms with Crippen LogP contribution in [0.25, 0.3) is 0 Å². The van der Waals surface area contributed by atoms with E-state index in [2.05, 4.69) is 50.4 Å². The minimum absolute atomic E-state index is 0.168. The van der Waals surface area contributed by atoms with Crippen LogP contribution in [-0.4, -0.2) is 0 Å². The van der Waals surface area contributed by atoms with Gasteiger partial charge in [-0.05, 0) is 35.6 Å². The molecule has 0 saturated heterocycles. The van der Waals surface area contributed by atoms with Gasteiger partial charge in [-0.1, -0.05) is 51.1 Å². The largest absolute Gasteiger partial charge is 0.381 e. The highest BCUT2D eigenvalue weighted by molar-refractivity contribution is 5.51. The first-order chi connectivity index (χ1) is 9.38. The van der Waals surface area contributed by atoms with Crippen LogP contribution in [0, 0.1) is 12.7 Å². The van der Waals surface area contributed by atoms with Crippen molar-refractivity contribution in [3.63, 3.8) is 0 Å². The number of benzene rings is 2. The Morgan fingerprint density at radius 2 is 1.65 bits per heavy atom. The molecular weight excluding hydrogens is 249 g/mol. The van der Waals surface area contributed by atoms with Crippen LogP contribution in [-0.2, 0) is 12.0 Å². The summed E-state index contributed by atoms with van der Waals surface area (Å²) in [4.78, 5) is 0. The summed E-state index contributed by atoms with van der Waals surface area (Å²) >= 11 is 0. The van der Waals surface area contributed by atoms with E-state index < -0.39 is 0 Å². The maximum atomic E-state index is 13.4. The SMILES string of the molecule is Cc1c(F)cccc1NCc1ccc(C(C)(C)C)cc1. The molecule has 1 nitrogen and oxygen atoms in total. The smallest absolute Gasteiger partial charge is 0.128 e. The molecule has 2 aromatic carbocycles. The molecule has 0 amide bonds. The van der Waals surface area contributed by atoms with Gasteiger partial charge in [0.25, 0.3) is 0 Å². The summed E-state index contributed by atoms with van der Waals surface area (Å²) in [6, 6.07) is 13.7. The van der Waals surface area contributed by atoms with Gasteiger partial charge in [0.1, 0.15) is 5.82 Å². The molecule has 20 heavy (non-hydrogen) atoms. The van der Waals surface area contributed by atoms with Crippen molar-refractivity contribution in [1.82, 2.24) is 0 Å². The molecule has 0 aliphatic rings. The van der Waals surface area contributed by atoms with Crippen molar-refractivity contribution < 1.29 is 4.39 Å². The molecule has 0 radical (unpaired) electrons. The Labute approximate surface area is 120 Å². The molecule has 0 bridgehead atoms. The molecule has 2 aromatic rings. The van der Waals surface area contributed by atoms with Gasteiger partial charge in [-0.2, -0.15) is 0 Å². The van der Waals surface area contributed by atoms with Gasteiger partial charge in [0.2, 0.25) is 0 Å². The van der Waals surface area contributed by atoms with E-state index in [1.165, 1.54) is 17.2 Å². The predicted molar refractivity (Wildman–Crippen MR) is 83.6 cm³/mol. The Bertz CT molecular complexity index is 579. The molecule has 2 rings (SSSR count). The summed E-state index contributed by atoms with van der Waals surface area (Å²) < 4.78 is 13.4. The number of hydrogen-bond donors (Lipinski definition) is 1. The van der Waals surface area contributed by atoms with Crippen LogP contribution in [0.15, 0.2) is 42.5 Å². The lowest BCUT2D eigenvalue weighted by Gasteiger charge is -2.19. The van der Waals surface area contributed by atoms with Crippen molar-refractivity contribution in [2.24, 2.45) is 0 Å². The van der Waals surface area contributed by atoms with Crippen LogP contribution in [0.3, 0.4) is 0 Å². The highest BCUT2D eigenvalue weighted by Crippen LogP contribution is 2.23. The lowest BCUT2D eigenvalue weighted by molar-refractivity contribution is 0.590. The van der Waals surface area contributed by atoms with Gasteiger partial charge in [-0.3, -0.25) is 0 Å². The van der Waals surface area contributed by atoms with E-state index in [4.69, 9.17) is 0 Å². The van der Waals surface area contributed by atoms with Gasteiger partial charge in [-0.25, -0.2) is 4.39 Å². The summed E-state index contributed by atoms with van der Waals surface area (Å²) in [5.74, 6) is -0.168. The second-order valence-electron chi connectivity index (χ2n) is 6.21. The van der Waals surface area contributed by atoms with Crippen LogP contribution in [0.5, 0.6) is 0 Å². The number of nitrogens with one attached hydrogen (secondary N) is 1. The molecule has 0 spiro atoms. The molecule has 0 fully saturated rings. The highest BCUT2D eigenvalue weighted by Gasteiger charge is 2.12. The lowest BCUT2D eigenvalue weighted by Crippen LogP contribution is -2.11. The van der Waals surface area contributed by atoms with Gasteiger partial charge in [0, 0.05) is 17.8 Å². The van der Waals surface area contributed by atoms with E-state index in [0.29, 0.717) is 12.1 Å². The zero-order valence-corrected chi connectivity index (χ0v) is 12.6. The van der Waals surface area contributed by atoms with E-state index in [1.54, 1.807) is 13.0 Å². The van der Waals surface area contributed by atoms with Crippen molar-refractivity contribution in [3.8, 4) is 0 Å². The van der Waals surface area contributed by atoms with Crippen LogP contribution in [0.4, 0.5) is 10.1 Å². The first-order valence-corrected chi connectivity index (χ1v) is 6.96. The molecule has 0 unspecified atom stereocenters. The first-order valence-electron chi connectivity index (χ1n) is 6.96. The van der Waals surface area contributed by atoms with Gasteiger partial charge in [0.05, 0.1) is 0 Å². The van der Waals surface area contributed by atoms with Gasteiger partial charge in [0.15, 0.2) is 0 Å². The van der Waals surface area contributed by atoms with E-state index >= 15 is 0 Å². The number of hydrogen-bond acceptors (Lipinski definition) is 1. The van der Waals surface area contributed by atoms with E-state index in [1.807, 2.05) is 6.07 Å². The third-order valence-electron chi connectivity index (χ3n) is 3.57. The van der Waals surface area contributed by atoms with Crippen LogP contribution < -0.4 is 5.32 Å². The summed E-state index contributed by atoms with van der Waals surface area (Å²) in [6.45, 7) is 9.11. The summed E-state index contributed by atoms with van der Waals surface area (Å²) in [5.41, 5.74) is 4.21. The fourth-order valence-corrected chi connectivity index (χ4v) is 2.12. The van der Waals surface area contributed by atoms with Crippen LogP contribution in [0.2, 0.25) is 0 Å². The standard InChI is InChI=1S/C18H22FN/c1-13-16(19)6-5-7-17(13)20-12-14-8-10-15(11-9-14)18(2,3)4/h5-11,20H,12H2,1-4H3. The molecule has 1 N–H and O–H groups in total. The molecule has 0 aromatic heterocycles. The fraction of sp³-hybridized carbons (Fsp3) is 0.333. The Hall–Kier alpha value is -1.83. The Kier molecular flexibility index (Phi) is 4.12.